The highest BCUT2D eigenvalue weighted by Crippen LogP contribution is 2.33. The van der Waals surface area contributed by atoms with Gasteiger partial charge in [-0.15, -0.1) is 0 Å². The average Bonchev–Trinajstić information content (AvgIpc) is 3.56. The number of likely N-dealkylation sites (N-methyl/N-ethyl adjacent to an activating group) is 1. The summed E-state index contributed by atoms with van der Waals surface area (Å²) in [6.07, 6.45) is 0. The normalized spacial score (nSPS) is 11.8. The molecule has 0 radical (unpaired) electrons. The smallest absolute Gasteiger partial charge is 0.161 e. The lowest BCUT2D eigenvalue weighted by atomic mass is 10.0. The Morgan fingerprint density at radius 2 is 1.66 bits per heavy atom. The second-order valence-corrected chi connectivity index (χ2v) is 10.8. The Morgan fingerprint density at radius 3 is 2.49 bits per heavy atom. The summed E-state index contributed by atoms with van der Waals surface area (Å²) in [5.74, 6) is 0.303. The number of rotatable bonds is 9. The Labute approximate surface area is 238 Å². The molecule has 3 heterocycles. The van der Waals surface area contributed by atoms with Crippen LogP contribution in [0.5, 0.6) is 0 Å². The number of aromatic amines is 2. The molecule has 6 aromatic rings. The van der Waals surface area contributed by atoms with Crippen LogP contribution < -0.4 is 5.32 Å². The molecule has 0 bridgehead atoms. The number of imidazole rings is 1. The van der Waals surface area contributed by atoms with Gasteiger partial charge in [0.25, 0.3) is 0 Å². The number of nitrogens with one attached hydrogen (secondary N) is 3. The third kappa shape index (κ3) is 5.68. The number of pyridine rings is 1. The van der Waals surface area contributed by atoms with Crippen LogP contribution in [0.4, 0.5) is 10.1 Å². The summed E-state index contributed by atoms with van der Waals surface area (Å²) in [7, 11) is 8.14. The lowest BCUT2D eigenvalue weighted by Crippen LogP contribution is -2.20. The van der Waals surface area contributed by atoms with Crippen molar-refractivity contribution in [3.8, 4) is 33.9 Å². The van der Waals surface area contributed by atoms with Crippen LogP contribution in [0, 0.1) is 5.82 Å². The molecule has 0 spiro atoms. The maximum absolute atomic E-state index is 14.7. The number of benzene rings is 3. The quantitative estimate of drug-likeness (QED) is 0.205. The van der Waals surface area contributed by atoms with E-state index in [1.165, 1.54) is 11.6 Å². The third-order valence-corrected chi connectivity index (χ3v) is 6.96. The molecule has 3 aromatic carbocycles. The van der Waals surface area contributed by atoms with Gasteiger partial charge in [-0.3, -0.25) is 5.10 Å². The third-order valence-electron chi connectivity index (χ3n) is 6.96. The molecule has 3 N–H and O–H groups in total. The summed E-state index contributed by atoms with van der Waals surface area (Å²) in [4.78, 5) is 17.6. The Kier molecular flexibility index (Phi) is 7.21. The first-order valence-corrected chi connectivity index (χ1v) is 13.6. The Balaban J connectivity index is 1.37. The van der Waals surface area contributed by atoms with Crippen molar-refractivity contribution in [3.05, 3.63) is 84.2 Å². The minimum atomic E-state index is -0.299. The van der Waals surface area contributed by atoms with E-state index in [0.717, 1.165) is 63.2 Å². The van der Waals surface area contributed by atoms with Gasteiger partial charge in [0, 0.05) is 36.4 Å². The molecule has 0 amide bonds. The van der Waals surface area contributed by atoms with Crippen molar-refractivity contribution in [2.24, 2.45) is 0 Å². The standard InChI is InChI=1S/C32H33FN8/c1-40(2)14-13-34-24-17-22(16-23(33)18-24)25-9-6-10-27-29(25)37-32(36-27)31-30-28(38-39-31)12-11-26(35-30)21-8-5-7-20(15-21)19-41(3)4/h5-12,15-18,34H,13-14,19H2,1-4H3,(H,36,37)(H,38,39). The van der Waals surface area contributed by atoms with Crippen LogP contribution in [-0.4, -0.2) is 76.2 Å². The van der Waals surface area contributed by atoms with Gasteiger partial charge < -0.3 is 20.1 Å². The summed E-state index contributed by atoms with van der Waals surface area (Å²) in [6, 6.07) is 23.3. The largest absolute Gasteiger partial charge is 0.384 e. The molecule has 0 aliphatic carbocycles. The zero-order valence-corrected chi connectivity index (χ0v) is 23.7. The monoisotopic (exact) mass is 548 g/mol. The second kappa shape index (κ2) is 11.1. The topological polar surface area (TPSA) is 88.8 Å². The van der Waals surface area contributed by atoms with Gasteiger partial charge in [-0.2, -0.15) is 5.10 Å². The molecule has 0 aliphatic rings. The van der Waals surface area contributed by atoms with E-state index in [4.69, 9.17) is 9.97 Å². The van der Waals surface area contributed by atoms with Gasteiger partial charge in [0.1, 0.15) is 11.3 Å². The van der Waals surface area contributed by atoms with Crippen molar-refractivity contribution in [2.45, 2.75) is 6.54 Å². The van der Waals surface area contributed by atoms with Crippen molar-refractivity contribution in [2.75, 3.05) is 46.6 Å². The molecular weight excluding hydrogens is 515 g/mol. The van der Waals surface area contributed by atoms with Gasteiger partial charge in [0.2, 0.25) is 0 Å². The lowest BCUT2D eigenvalue weighted by Gasteiger charge is -2.13. The first-order chi connectivity index (χ1) is 19.8. The van der Waals surface area contributed by atoms with Crippen molar-refractivity contribution in [1.82, 2.24) is 34.9 Å². The van der Waals surface area contributed by atoms with E-state index >= 15 is 0 Å². The van der Waals surface area contributed by atoms with Crippen molar-refractivity contribution >= 4 is 27.8 Å². The first-order valence-electron chi connectivity index (χ1n) is 13.6. The zero-order valence-electron chi connectivity index (χ0n) is 23.7. The van der Waals surface area contributed by atoms with Gasteiger partial charge in [-0.25, -0.2) is 14.4 Å². The lowest BCUT2D eigenvalue weighted by molar-refractivity contribution is 0.402. The van der Waals surface area contributed by atoms with Crippen LogP contribution >= 0.6 is 0 Å². The van der Waals surface area contributed by atoms with E-state index in [9.17, 15) is 4.39 Å². The molecule has 9 heteroatoms. The first kappa shape index (κ1) is 26.6. The Bertz CT molecular complexity index is 1840. The van der Waals surface area contributed by atoms with Crippen LogP contribution in [0.3, 0.4) is 0 Å². The maximum Gasteiger partial charge on any atom is 0.161 e. The number of aromatic nitrogens is 5. The second-order valence-electron chi connectivity index (χ2n) is 10.8. The summed E-state index contributed by atoms with van der Waals surface area (Å²) >= 11 is 0. The highest BCUT2D eigenvalue weighted by molar-refractivity contribution is 5.96. The van der Waals surface area contributed by atoms with Gasteiger partial charge in [-0.05, 0) is 81.8 Å². The number of nitrogens with zero attached hydrogens (tertiary/aromatic N) is 5. The highest BCUT2D eigenvalue weighted by Gasteiger charge is 2.17. The minimum absolute atomic E-state index is 0.299. The fraction of sp³-hybridized carbons (Fsp3) is 0.219. The van der Waals surface area contributed by atoms with E-state index in [0.29, 0.717) is 18.1 Å². The number of hydrogen-bond donors (Lipinski definition) is 3. The molecule has 3 aromatic heterocycles. The molecule has 8 nitrogen and oxygen atoms in total. The molecule has 6 rings (SSSR count). The van der Waals surface area contributed by atoms with E-state index in [2.05, 4.69) is 68.7 Å². The van der Waals surface area contributed by atoms with Crippen LogP contribution in [0.25, 0.3) is 56.0 Å². The molecule has 41 heavy (non-hydrogen) atoms. The number of fused-ring (bicyclic) bond motifs is 2. The van der Waals surface area contributed by atoms with E-state index in [1.807, 2.05) is 50.5 Å². The van der Waals surface area contributed by atoms with Gasteiger partial charge in [0.15, 0.2) is 11.5 Å². The highest BCUT2D eigenvalue weighted by atomic mass is 19.1. The number of H-pyrrole nitrogens is 2. The van der Waals surface area contributed by atoms with E-state index < -0.39 is 0 Å². The molecule has 0 fully saturated rings. The molecule has 0 saturated carbocycles. The fourth-order valence-corrected chi connectivity index (χ4v) is 5.07. The zero-order chi connectivity index (χ0) is 28.5. The molecule has 0 unspecified atom stereocenters. The number of para-hydroxylation sites is 1. The van der Waals surface area contributed by atoms with Gasteiger partial charge >= 0.3 is 0 Å². The molecular formula is C32H33FN8. The molecule has 0 atom stereocenters. The average molecular weight is 549 g/mol. The molecule has 0 saturated heterocycles. The van der Waals surface area contributed by atoms with Crippen molar-refractivity contribution in [3.63, 3.8) is 0 Å². The predicted molar refractivity (Wildman–Crippen MR) is 164 cm³/mol. The number of anilines is 1. The van der Waals surface area contributed by atoms with Crippen LogP contribution in [0.2, 0.25) is 0 Å². The number of hydrogen-bond acceptors (Lipinski definition) is 6. The van der Waals surface area contributed by atoms with E-state index in [-0.39, 0.29) is 5.82 Å². The predicted octanol–water partition coefficient (Wildman–Crippen LogP) is 6.01. The van der Waals surface area contributed by atoms with Gasteiger partial charge in [-0.1, -0.05) is 30.3 Å². The molecule has 208 valence electrons. The SMILES string of the molecule is CN(C)CCNc1cc(F)cc(-c2cccc3[nH]c(-c4n[nH]c5ccc(-c6cccc(CN(C)C)c6)nc45)nc23)c1. The summed E-state index contributed by atoms with van der Waals surface area (Å²) in [5, 5.41) is 11.0. The van der Waals surface area contributed by atoms with Gasteiger partial charge in [0.05, 0.1) is 22.2 Å². The Morgan fingerprint density at radius 1 is 0.805 bits per heavy atom. The summed E-state index contributed by atoms with van der Waals surface area (Å²) in [5.41, 5.74) is 9.25. The summed E-state index contributed by atoms with van der Waals surface area (Å²) < 4.78 is 14.7. The van der Waals surface area contributed by atoms with Crippen LogP contribution in [0.1, 0.15) is 5.56 Å². The van der Waals surface area contributed by atoms with Crippen molar-refractivity contribution in [1.29, 1.82) is 0 Å². The minimum Gasteiger partial charge on any atom is -0.384 e. The van der Waals surface area contributed by atoms with E-state index in [1.54, 1.807) is 6.07 Å². The summed E-state index contributed by atoms with van der Waals surface area (Å²) in [6.45, 7) is 2.42. The van der Waals surface area contributed by atoms with Crippen LogP contribution in [-0.2, 0) is 6.54 Å². The molecule has 0 aliphatic heterocycles. The maximum atomic E-state index is 14.7. The van der Waals surface area contributed by atoms with Crippen LogP contribution in [0.15, 0.2) is 72.8 Å². The Hall–Kier alpha value is -4.60. The number of halogens is 1. The van der Waals surface area contributed by atoms with Crippen molar-refractivity contribution < 1.29 is 4.39 Å². The fourth-order valence-electron chi connectivity index (χ4n) is 5.07.